The molecule has 0 saturated carbocycles. The summed E-state index contributed by atoms with van der Waals surface area (Å²) in [6.07, 6.45) is 5.87. The van der Waals surface area contributed by atoms with Crippen LogP contribution in [0.2, 0.25) is 0 Å². The molecular weight excluding hydrogens is 350 g/mol. The zero-order valence-electron chi connectivity index (χ0n) is 14.7. The van der Waals surface area contributed by atoms with Gasteiger partial charge in [-0.2, -0.15) is 0 Å². The van der Waals surface area contributed by atoms with E-state index < -0.39 is 5.97 Å². The van der Waals surface area contributed by atoms with Gasteiger partial charge >= 0.3 is 5.97 Å². The molecule has 3 heterocycles. The fourth-order valence-electron chi connectivity index (χ4n) is 2.67. The number of nitrogens with one attached hydrogen (secondary N) is 1. The molecule has 0 unspecified atom stereocenters. The molecule has 0 bridgehead atoms. The zero-order valence-corrected chi connectivity index (χ0v) is 15.5. The predicted octanol–water partition coefficient (Wildman–Crippen LogP) is 3.39. The minimum Gasteiger partial charge on any atom is -0.477 e. The summed E-state index contributed by atoms with van der Waals surface area (Å²) < 4.78 is 2.05. The van der Waals surface area contributed by atoms with E-state index in [9.17, 15) is 9.90 Å². The van der Waals surface area contributed by atoms with Crippen molar-refractivity contribution >= 4 is 23.8 Å². The molecule has 0 amide bonds. The van der Waals surface area contributed by atoms with E-state index in [0.717, 1.165) is 40.2 Å². The highest BCUT2D eigenvalue weighted by Gasteiger charge is 2.16. The second-order valence-corrected chi connectivity index (χ2v) is 6.72. The highest BCUT2D eigenvalue weighted by molar-refractivity contribution is 8.04. The van der Waals surface area contributed by atoms with Crippen LogP contribution >= 0.6 is 11.8 Å². The number of pyridine rings is 1. The van der Waals surface area contributed by atoms with Crippen molar-refractivity contribution in [3.8, 4) is 5.69 Å². The number of thioether (sulfide) groups is 1. The van der Waals surface area contributed by atoms with Crippen molar-refractivity contribution in [1.82, 2.24) is 24.7 Å². The number of hydrogen-bond donors (Lipinski definition) is 2. The molecule has 0 spiro atoms. The van der Waals surface area contributed by atoms with Gasteiger partial charge in [-0.3, -0.25) is 10.1 Å². The van der Waals surface area contributed by atoms with Crippen molar-refractivity contribution in [2.45, 2.75) is 32.3 Å². The number of aromatic nitrogens is 5. The molecular formula is C18H19N5O2S. The van der Waals surface area contributed by atoms with Gasteiger partial charge in [-0.1, -0.05) is 6.92 Å². The lowest BCUT2D eigenvalue weighted by Gasteiger charge is -2.08. The molecule has 0 aromatic carbocycles. The summed E-state index contributed by atoms with van der Waals surface area (Å²) in [4.78, 5) is 20.3. The number of aryl methyl sites for hydroxylation is 2. The largest absolute Gasteiger partial charge is 0.477 e. The van der Waals surface area contributed by atoms with Gasteiger partial charge in [0.2, 0.25) is 5.16 Å². The summed E-state index contributed by atoms with van der Waals surface area (Å²) in [7, 11) is 0. The minimum atomic E-state index is -1.01. The number of rotatable bonds is 6. The third-order valence-electron chi connectivity index (χ3n) is 3.92. The van der Waals surface area contributed by atoms with Gasteiger partial charge in [0.15, 0.2) is 0 Å². The zero-order chi connectivity index (χ0) is 18.7. The number of carboxylic acids is 1. The van der Waals surface area contributed by atoms with Gasteiger partial charge in [-0.15, -0.1) is 5.10 Å². The molecule has 26 heavy (non-hydrogen) atoms. The normalized spacial score (nSPS) is 11.7. The first-order chi connectivity index (χ1) is 12.5. The van der Waals surface area contributed by atoms with Crippen LogP contribution in [0.3, 0.4) is 0 Å². The molecule has 0 aliphatic heterocycles. The first-order valence-corrected chi connectivity index (χ1v) is 8.94. The molecule has 0 aliphatic rings. The second-order valence-electron chi connectivity index (χ2n) is 5.71. The van der Waals surface area contributed by atoms with E-state index in [1.54, 1.807) is 18.5 Å². The Kier molecular flexibility index (Phi) is 5.22. The number of H-pyrrole nitrogens is 1. The highest BCUT2D eigenvalue weighted by atomic mass is 32.2. The summed E-state index contributed by atoms with van der Waals surface area (Å²) in [5.74, 6) is -0.281. The Morgan fingerprint density at radius 2 is 2.23 bits per heavy atom. The van der Waals surface area contributed by atoms with Crippen molar-refractivity contribution in [2.75, 3.05) is 0 Å². The van der Waals surface area contributed by atoms with Crippen LogP contribution in [0, 0.1) is 13.8 Å². The first kappa shape index (κ1) is 17.9. The van der Waals surface area contributed by atoms with Crippen LogP contribution in [0.25, 0.3) is 11.8 Å². The Bertz CT molecular complexity index is 959. The SMILES string of the molecule is CCc1nc(S/C(=C\c2cc(C)n(-c3cccnc3)c2C)C(=O)O)n[nH]1. The van der Waals surface area contributed by atoms with Crippen LogP contribution in [-0.4, -0.2) is 35.8 Å². The predicted molar refractivity (Wildman–Crippen MR) is 100 cm³/mol. The van der Waals surface area contributed by atoms with Crippen molar-refractivity contribution in [3.05, 3.63) is 58.3 Å². The van der Waals surface area contributed by atoms with Crippen molar-refractivity contribution in [2.24, 2.45) is 0 Å². The van der Waals surface area contributed by atoms with Gasteiger partial charge < -0.3 is 9.67 Å². The number of aliphatic carboxylic acids is 1. The smallest absolute Gasteiger partial charge is 0.342 e. The maximum absolute atomic E-state index is 11.7. The molecule has 0 radical (unpaired) electrons. The Morgan fingerprint density at radius 1 is 1.42 bits per heavy atom. The fraction of sp³-hybridized carbons (Fsp3) is 0.222. The van der Waals surface area contributed by atoms with Gasteiger partial charge in [0, 0.05) is 24.0 Å². The van der Waals surface area contributed by atoms with E-state index in [0.29, 0.717) is 11.6 Å². The van der Waals surface area contributed by atoms with Crippen LogP contribution in [0.4, 0.5) is 0 Å². The lowest BCUT2D eigenvalue weighted by Crippen LogP contribution is -2.00. The van der Waals surface area contributed by atoms with Gasteiger partial charge in [0.05, 0.1) is 11.9 Å². The quantitative estimate of drug-likeness (QED) is 0.511. The van der Waals surface area contributed by atoms with E-state index in [1.165, 1.54) is 0 Å². The van der Waals surface area contributed by atoms with E-state index in [1.807, 2.05) is 43.5 Å². The molecule has 0 fully saturated rings. The van der Waals surface area contributed by atoms with E-state index in [4.69, 9.17) is 0 Å². The van der Waals surface area contributed by atoms with Gasteiger partial charge in [0.1, 0.15) is 10.7 Å². The molecule has 3 aromatic heterocycles. The first-order valence-electron chi connectivity index (χ1n) is 8.13. The molecule has 7 nitrogen and oxygen atoms in total. The van der Waals surface area contributed by atoms with E-state index >= 15 is 0 Å². The van der Waals surface area contributed by atoms with Crippen LogP contribution in [0.15, 0.2) is 40.7 Å². The average Bonchev–Trinajstić information content (AvgIpc) is 3.19. The summed E-state index contributed by atoms with van der Waals surface area (Å²) in [6.45, 7) is 5.89. The Hall–Kier alpha value is -2.87. The monoisotopic (exact) mass is 369 g/mol. The Morgan fingerprint density at radius 3 is 2.85 bits per heavy atom. The van der Waals surface area contributed by atoms with Gasteiger partial charge in [0.25, 0.3) is 0 Å². The Labute approximate surface area is 155 Å². The maximum Gasteiger partial charge on any atom is 0.342 e. The molecule has 2 N–H and O–H groups in total. The third-order valence-corrected chi connectivity index (χ3v) is 4.80. The number of aromatic amines is 1. The summed E-state index contributed by atoms with van der Waals surface area (Å²) in [6, 6.07) is 5.80. The Balaban J connectivity index is 1.97. The maximum atomic E-state index is 11.7. The third kappa shape index (κ3) is 3.70. The second kappa shape index (κ2) is 7.57. The van der Waals surface area contributed by atoms with Crippen LogP contribution in [0.5, 0.6) is 0 Å². The summed E-state index contributed by atoms with van der Waals surface area (Å²) >= 11 is 1.03. The van der Waals surface area contributed by atoms with E-state index in [2.05, 4.69) is 20.2 Å². The summed E-state index contributed by atoms with van der Waals surface area (Å²) in [5.41, 5.74) is 3.72. The number of nitrogens with zero attached hydrogens (tertiary/aromatic N) is 4. The lowest BCUT2D eigenvalue weighted by atomic mass is 10.2. The molecule has 0 aliphatic carbocycles. The molecule has 0 saturated heterocycles. The van der Waals surface area contributed by atoms with Crippen molar-refractivity contribution in [1.29, 1.82) is 0 Å². The topological polar surface area (TPSA) is 96.7 Å². The number of hydrogen-bond acceptors (Lipinski definition) is 5. The van der Waals surface area contributed by atoms with Crippen LogP contribution in [0.1, 0.15) is 29.7 Å². The molecule has 3 aromatic rings. The fourth-order valence-corrected chi connectivity index (χ4v) is 3.39. The molecule has 8 heteroatoms. The van der Waals surface area contributed by atoms with Gasteiger partial charge in [-0.05, 0) is 55.4 Å². The lowest BCUT2D eigenvalue weighted by molar-refractivity contribution is -0.131. The van der Waals surface area contributed by atoms with Crippen molar-refractivity contribution < 1.29 is 9.90 Å². The molecule has 3 rings (SSSR count). The highest BCUT2D eigenvalue weighted by Crippen LogP contribution is 2.28. The standard InChI is InChI=1S/C18H19N5O2S/c1-4-16-20-18(22-21-16)26-15(17(24)25)9-13-8-11(2)23(12(13)3)14-6-5-7-19-10-14/h5-10H,4H2,1-3H3,(H,24,25)(H,20,21,22)/b15-9-. The molecule has 0 atom stereocenters. The number of carboxylic acid groups (broad SMARTS) is 1. The van der Waals surface area contributed by atoms with Crippen molar-refractivity contribution in [3.63, 3.8) is 0 Å². The number of carbonyl (C=O) groups is 1. The minimum absolute atomic E-state index is 0.165. The summed E-state index contributed by atoms with van der Waals surface area (Å²) in [5, 5.41) is 16.8. The molecule has 134 valence electrons. The van der Waals surface area contributed by atoms with E-state index in [-0.39, 0.29) is 4.91 Å². The van der Waals surface area contributed by atoms with Crippen LogP contribution in [-0.2, 0) is 11.2 Å². The van der Waals surface area contributed by atoms with Crippen LogP contribution < -0.4 is 0 Å². The van der Waals surface area contributed by atoms with Gasteiger partial charge in [-0.25, -0.2) is 9.78 Å². The average molecular weight is 369 g/mol.